The highest BCUT2D eigenvalue weighted by atomic mass is 32.2. The fraction of sp³-hybridized carbons (Fsp3) is 0.455. The molecule has 0 saturated carbocycles. The van der Waals surface area contributed by atoms with Gasteiger partial charge in [-0.1, -0.05) is 30.0 Å². The summed E-state index contributed by atoms with van der Waals surface area (Å²) >= 11 is 6.59. The third kappa shape index (κ3) is 5.74. The van der Waals surface area contributed by atoms with Crippen LogP contribution in [0.3, 0.4) is 0 Å². The zero-order valence-corrected chi connectivity index (χ0v) is 20.2. The predicted octanol–water partition coefficient (Wildman–Crippen LogP) is 3.08. The Hall–Kier alpha value is -2.27. The maximum atomic E-state index is 13.3. The van der Waals surface area contributed by atoms with Crippen LogP contribution >= 0.6 is 24.0 Å². The number of thiocarbonyl (C=S) groups is 1. The van der Waals surface area contributed by atoms with E-state index in [1.54, 1.807) is 30.3 Å². The Balaban J connectivity index is 1.95. The second-order valence-corrected chi connectivity index (χ2v) is 8.95. The summed E-state index contributed by atoms with van der Waals surface area (Å²) in [7, 11) is 1.62. The molecule has 0 bridgehead atoms. The van der Waals surface area contributed by atoms with Gasteiger partial charge in [0.05, 0.1) is 10.5 Å². The molecule has 0 radical (unpaired) electrons. The molecule has 0 atom stereocenters. The minimum Gasteiger partial charge on any atom is -0.385 e. The van der Waals surface area contributed by atoms with Crippen LogP contribution in [-0.2, 0) is 14.3 Å². The van der Waals surface area contributed by atoms with Crippen molar-refractivity contribution in [2.24, 2.45) is 0 Å². The van der Waals surface area contributed by atoms with Crippen LogP contribution in [0.1, 0.15) is 30.9 Å². The van der Waals surface area contributed by atoms with Gasteiger partial charge in [0.15, 0.2) is 0 Å². The second-order valence-electron chi connectivity index (χ2n) is 7.27. The first-order valence-corrected chi connectivity index (χ1v) is 11.8. The van der Waals surface area contributed by atoms with E-state index in [1.807, 2.05) is 19.9 Å². The summed E-state index contributed by atoms with van der Waals surface area (Å²) in [6.07, 6.45) is 4.80. The van der Waals surface area contributed by atoms with Gasteiger partial charge < -0.3 is 14.8 Å². The van der Waals surface area contributed by atoms with Crippen molar-refractivity contribution in [3.05, 3.63) is 44.7 Å². The van der Waals surface area contributed by atoms with Crippen LogP contribution in [0.15, 0.2) is 28.0 Å². The van der Waals surface area contributed by atoms with Crippen LogP contribution in [0.2, 0.25) is 0 Å². The average Bonchev–Trinajstić information content (AvgIpc) is 3.04. The molecular weight excluding hydrogens is 448 g/mol. The molecule has 10 heteroatoms. The summed E-state index contributed by atoms with van der Waals surface area (Å²) in [5.41, 5.74) is 1.57. The Morgan fingerprint density at radius 1 is 1.25 bits per heavy atom. The highest BCUT2D eigenvalue weighted by Gasteiger charge is 2.32. The molecular formula is C22H28N4O4S2. The van der Waals surface area contributed by atoms with E-state index in [2.05, 4.69) is 10.3 Å². The molecule has 32 heavy (non-hydrogen) atoms. The van der Waals surface area contributed by atoms with Gasteiger partial charge in [-0.3, -0.25) is 18.9 Å². The third-order valence-corrected chi connectivity index (χ3v) is 6.22. The van der Waals surface area contributed by atoms with E-state index in [0.29, 0.717) is 65.6 Å². The van der Waals surface area contributed by atoms with E-state index >= 15 is 0 Å². The standard InChI is InChI=1S/C22H28N4O4S2/c1-4-30-12-5-9-23-19-16(20(27)26-14-15(2)7-8-18(26)24-19)13-17-21(28)25(22(31)32-17)10-6-11-29-3/h7-8,13-14,23H,4-6,9-12H2,1-3H3. The van der Waals surface area contributed by atoms with Crippen LogP contribution < -0.4 is 10.9 Å². The number of carbonyl (C=O) groups is 1. The molecule has 1 saturated heterocycles. The quantitative estimate of drug-likeness (QED) is 0.301. The molecule has 1 aliphatic rings. The number of pyridine rings is 1. The number of hydrogen-bond acceptors (Lipinski definition) is 8. The van der Waals surface area contributed by atoms with Crippen molar-refractivity contribution in [1.82, 2.24) is 14.3 Å². The summed E-state index contributed by atoms with van der Waals surface area (Å²) in [5, 5.41) is 3.24. The van der Waals surface area contributed by atoms with Crippen molar-refractivity contribution < 1.29 is 14.3 Å². The van der Waals surface area contributed by atoms with E-state index in [4.69, 9.17) is 21.7 Å². The van der Waals surface area contributed by atoms with E-state index in [-0.39, 0.29) is 11.5 Å². The van der Waals surface area contributed by atoms with Crippen LogP contribution in [0, 0.1) is 6.92 Å². The summed E-state index contributed by atoms with van der Waals surface area (Å²) in [6, 6.07) is 3.71. The van der Waals surface area contributed by atoms with E-state index in [9.17, 15) is 9.59 Å². The number of ether oxygens (including phenoxy) is 2. The molecule has 2 aromatic rings. The maximum absolute atomic E-state index is 13.3. The number of methoxy groups -OCH3 is 1. The molecule has 8 nitrogen and oxygen atoms in total. The molecule has 172 valence electrons. The highest BCUT2D eigenvalue weighted by molar-refractivity contribution is 8.26. The average molecular weight is 477 g/mol. The molecule has 3 rings (SSSR count). The molecule has 1 aliphatic heterocycles. The number of hydrogen-bond donors (Lipinski definition) is 1. The van der Waals surface area contributed by atoms with E-state index < -0.39 is 0 Å². The lowest BCUT2D eigenvalue weighted by atomic mass is 10.2. The lowest BCUT2D eigenvalue weighted by molar-refractivity contribution is -0.122. The van der Waals surface area contributed by atoms with Gasteiger partial charge in [0.1, 0.15) is 15.8 Å². The molecule has 0 spiro atoms. The minimum absolute atomic E-state index is 0.202. The molecule has 2 aromatic heterocycles. The van der Waals surface area contributed by atoms with E-state index in [1.165, 1.54) is 16.2 Å². The molecule has 3 heterocycles. The Bertz CT molecular complexity index is 1080. The fourth-order valence-corrected chi connectivity index (χ4v) is 4.53. The highest BCUT2D eigenvalue weighted by Crippen LogP contribution is 2.33. The van der Waals surface area contributed by atoms with Crippen LogP contribution in [0.5, 0.6) is 0 Å². The number of nitrogens with zero attached hydrogens (tertiary/aromatic N) is 3. The largest absolute Gasteiger partial charge is 0.385 e. The van der Waals surface area contributed by atoms with Crippen molar-refractivity contribution in [3.63, 3.8) is 0 Å². The number of carbonyl (C=O) groups excluding carboxylic acids is 1. The van der Waals surface area contributed by atoms with Gasteiger partial charge in [-0.2, -0.15) is 0 Å². The summed E-state index contributed by atoms with van der Waals surface area (Å²) in [6.45, 7) is 6.75. The monoisotopic (exact) mass is 476 g/mol. The minimum atomic E-state index is -0.240. The number of aromatic nitrogens is 2. The molecule has 0 unspecified atom stereocenters. The number of nitrogens with one attached hydrogen (secondary N) is 1. The Morgan fingerprint density at radius 2 is 2.06 bits per heavy atom. The van der Waals surface area contributed by atoms with Gasteiger partial charge in [0, 0.05) is 46.2 Å². The van der Waals surface area contributed by atoms with E-state index in [0.717, 1.165) is 12.0 Å². The SMILES string of the molecule is CCOCCCNc1nc2ccc(C)cn2c(=O)c1C=C1SC(=S)N(CCCOC)C1=O. The van der Waals surface area contributed by atoms with Gasteiger partial charge in [0.2, 0.25) is 0 Å². The molecule has 0 aliphatic carbocycles. The van der Waals surface area contributed by atoms with Crippen LogP contribution in [0.25, 0.3) is 11.7 Å². The molecule has 1 fully saturated rings. The lowest BCUT2D eigenvalue weighted by Crippen LogP contribution is -2.29. The van der Waals surface area contributed by atoms with Crippen LogP contribution in [-0.4, -0.2) is 64.5 Å². The number of amides is 1. The normalized spacial score (nSPS) is 15.3. The zero-order chi connectivity index (χ0) is 23.1. The van der Waals surface area contributed by atoms with Crippen molar-refractivity contribution >= 4 is 51.7 Å². The first-order chi connectivity index (χ1) is 15.5. The first kappa shape index (κ1) is 24.4. The van der Waals surface area contributed by atoms with Gasteiger partial charge >= 0.3 is 0 Å². The second kappa shape index (κ2) is 11.6. The van der Waals surface area contributed by atoms with Crippen molar-refractivity contribution in [2.45, 2.75) is 26.7 Å². The number of thioether (sulfide) groups is 1. The Kier molecular flexibility index (Phi) is 8.80. The van der Waals surface area contributed by atoms with Crippen molar-refractivity contribution in [2.75, 3.05) is 45.3 Å². The smallest absolute Gasteiger partial charge is 0.267 e. The molecule has 0 aromatic carbocycles. The van der Waals surface area contributed by atoms with Gasteiger partial charge in [-0.25, -0.2) is 4.98 Å². The predicted molar refractivity (Wildman–Crippen MR) is 132 cm³/mol. The molecule has 1 amide bonds. The van der Waals surface area contributed by atoms with Gasteiger partial charge in [0.25, 0.3) is 11.5 Å². The molecule has 1 N–H and O–H groups in total. The summed E-state index contributed by atoms with van der Waals surface area (Å²) in [5.74, 6) is 0.243. The van der Waals surface area contributed by atoms with Crippen molar-refractivity contribution in [3.8, 4) is 0 Å². The Morgan fingerprint density at radius 3 is 2.81 bits per heavy atom. The fourth-order valence-electron chi connectivity index (χ4n) is 3.24. The van der Waals surface area contributed by atoms with Gasteiger partial charge in [-0.15, -0.1) is 0 Å². The first-order valence-electron chi connectivity index (χ1n) is 10.5. The summed E-state index contributed by atoms with van der Waals surface area (Å²) in [4.78, 5) is 32.9. The summed E-state index contributed by atoms with van der Waals surface area (Å²) < 4.78 is 12.4. The number of aryl methyl sites for hydroxylation is 1. The Labute approximate surface area is 197 Å². The number of fused-ring (bicyclic) bond motifs is 1. The zero-order valence-electron chi connectivity index (χ0n) is 18.6. The lowest BCUT2D eigenvalue weighted by Gasteiger charge is -2.13. The number of rotatable bonds is 11. The van der Waals surface area contributed by atoms with Crippen molar-refractivity contribution in [1.29, 1.82) is 0 Å². The maximum Gasteiger partial charge on any atom is 0.267 e. The van der Waals surface area contributed by atoms with Gasteiger partial charge in [-0.05, 0) is 44.4 Å². The third-order valence-electron chi connectivity index (χ3n) is 4.85. The number of anilines is 1. The van der Waals surface area contributed by atoms with Crippen LogP contribution in [0.4, 0.5) is 5.82 Å². The topological polar surface area (TPSA) is 85.2 Å².